The fourth-order valence-corrected chi connectivity index (χ4v) is 2.57. The molecule has 0 bridgehead atoms. The van der Waals surface area contributed by atoms with Crippen LogP contribution in [0.3, 0.4) is 0 Å². The smallest absolute Gasteiger partial charge is 0.323 e. The van der Waals surface area contributed by atoms with Crippen LogP contribution in [0.5, 0.6) is 5.75 Å². The summed E-state index contributed by atoms with van der Waals surface area (Å²) < 4.78 is 5.57. The number of amides is 1. The number of aliphatic carboxylic acids is 1. The molecule has 1 unspecified atom stereocenters. The Labute approximate surface area is 130 Å². The molecule has 2 rings (SSSR count). The molecule has 0 aliphatic carbocycles. The van der Waals surface area contributed by atoms with E-state index in [2.05, 4.69) is 0 Å². The van der Waals surface area contributed by atoms with Gasteiger partial charge in [0.1, 0.15) is 12.3 Å². The number of fused-ring (bicyclic) bond motifs is 1. The number of hydrogen-bond acceptors (Lipinski definition) is 4. The summed E-state index contributed by atoms with van der Waals surface area (Å²) in [5.41, 5.74) is 0.846. The predicted molar refractivity (Wildman–Crippen MR) is 82.1 cm³/mol. The van der Waals surface area contributed by atoms with Crippen molar-refractivity contribution in [2.24, 2.45) is 0 Å². The Kier molecular flexibility index (Phi) is 5.38. The van der Waals surface area contributed by atoms with Gasteiger partial charge in [0.2, 0.25) is 5.91 Å². The molecule has 22 heavy (non-hydrogen) atoms. The van der Waals surface area contributed by atoms with Crippen LogP contribution < -0.4 is 4.74 Å². The zero-order valence-electron chi connectivity index (χ0n) is 13.0. The first-order chi connectivity index (χ1) is 10.5. The maximum Gasteiger partial charge on any atom is 0.323 e. The number of benzene rings is 1. The molecule has 0 spiro atoms. The van der Waals surface area contributed by atoms with E-state index in [1.54, 1.807) is 0 Å². The topological polar surface area (TPSA) is 70.1 Å². The zero-order chi connectivity index (χ0) is 16.1. The number of carboxylic acids is 1. The molecule has 0 saturated heterocycles. The molecule has 1 amide bonds. The van der Waals surface area contributed by atoms with Crippen molar-refractivity contribution in [2.75, 3.05) is 40.3 Å². The second kappa shape index (κ2) is 7.26. The van der Waals surface area contributed by atoms with Gasteiger partial charge in [0.25, 0.3) is 0 Å². The molecular weight excluding hydrogens is 284 g/mol. The van der Waals surface area contributed by atoms with E-state index in [9.17, 15) is 9.59 Å². The maximum atomic E-state index is 12.8. The van der Waals surface area contributed by atoms with E-state index in [0.717, 1.165) is 11.3 Å². The van der Waals surface area contributed by atoms with Gasteiger partial charge in [-0.25, -0.2) is 0 Å². The molecule has 1 aromatic rings. The van der Waals surface area contributed by atoms with Crippen LogP contribution in [-0.2, 0) is 9.59 Å². The van der Waals surface area contributed by atoms with Crippen LogP contribution in [-0.4, -0.2) is 67.1 Å². The Hall–Kier alpha value is -2.08. The van der Waals surface area contributed by atoms with E-state index in [4.69, 9.17) is 9.84 Å². The first kappa shape index (κ1) is 16.3. The zero-order valence-corrected chi connectivity index (χ0v) is 13.0. The minimum atomic E-state index is -0.993. The summed E-state index contributed by atoms with van der Waals surface area (Å²) in [5, 5.41) is 9.06. The van der Waals surface area contributed by atoms with Gasteiger partial charge in [0.05, 0.1) is 12.5 Å². The van der Waals surface area contributed by atoms with Crippen molar-refractivity contribution >= 4 is 11.9 Å². The molecule has 1 atom stereocenters. The first-order valence-electron chi connectivity index (χ1n) is 7.36. The Morgan fingerprint density at radius 2 is 2.00 bits per heavy atom. The monoisotopic (exact) mass is 306 g/mol. The van der Waals surface area contributed by atoms with Crippen LogP contribution in [0.15, 0.2) is 24.3 Å². The van der Waals surface area contributed by atoms with Crippen molar-refractivity contribution in [2.45, 2.75) is 12.3 Å². The number of nitrogens with zero attached hydrogens (tertiary/aromatic N) is 2. The highest BCUT2D eigenvalue weighted by Gasteiger charge is 2.31. The quantitative estimate of drug-likeness (QED) is 0.850. The summed E-state index contributed by atoms with van der Waals surface area (Å²) in [6, 6.07) is 7.46. The lowest BCUT2D eigenvalue weighted by Crippen LogP contribution is -2.43. The molecule has 1 aromatic carbocycles. The van der Waals surface area contributed by atoms with Gasteiger partial charge in [-0.3, -0.25) is 9.59 Å². The molecule has 6 nitrogen and oxygen atoms in total. The van der Waals surface area contributed by atoms with Gasteiger partial charge >= 0.3 is 5.97 Å². The van der Waals surface area contributed by atoms with Crippen molar-refractivity contribution < 1.29 is 19.4 Å². The largest absolute Gasteiger partial charge is 0.493 e. The molecule has 1 aliphatic rings. The lowest BCUT2D eigenvalue weighted by molar-refractivity contribution is -0.145. The van der Waals surface area contributed by atoms with Crippen LogP contribution in [0.2, 0.25) is 0 Å². The summed E-state index contributed by atoms with van der Waals surface area (Å²) in [6.45, 7) is 1.23. The minimum absolute atomic E-state index is 0.139. The highest BCUT2D eigenvalue weighted by Crippen LogP contribution is 2.34. The minimum Gasteiger partial charge on any atom is -0.493 e. The Balaban J connectivity index is 2.17. The Morgan fingerprint density at radius 3 is 2.68 bits per heavy atom. The van der Waals surface area contributed by atoms with E-state index >= 15 is 0 Å². The summed E-state index contributed by atoms with van der Waals surface area (Å²) >= 11 is 0. The molecule has 1 N–H and O–H groups in total. The second-order valence-electron chi connectivity index (χ2n) is 5.68. The normalized spacial score (nSPS) is 16.8. The number of para-hydroxylation sites is 1. The van der Waals surface area contributed by atoms with Gasteiger partial charge in [0.15, 0.2) is 0 Å². The summed E-state index contributed by atoms with van der Waals surface area (Å²) in [6.07, 6.45) is 0.577. The highest BCUT2D eigenvalue weighted by atomic mass is 16.5. The maximum absolute atomic E-state index is 12.8. The third-order valence-corrected chi connectivity index (χ3v) is 3.71. The molecule has 0 saturated carbocycles. The highest BCUT2D eigenvalue weighted by molar-refractivity contribution is 5.87. The fourth-order valence-electron chi connectivity index (χ4n) is 2.57. The third-order valence-electron chi connectivity index (χ3n) is 3.71. The van der Waals surface area contributed by atoms with E-state index in [0.29, 0.717) is 26.1 Å². The first-order valence-corrected chi connectivity index (χ1v) is 7.36. The standard InChI is InChI=1S/C16H22N2O4/c1-17(2)8-9-18(11-15(19)20)16(21)13-7-10-22-14-6-4-3-5-12(13)14/h3-6,13H,7-11H2,1-2H3,(H,19,20). The van der Waals surface area contributed by atoms with Gasteiger partial charge in [0, 0.05) is 18.7 Å². The third kappa shape index (κ3) is 3.98. The number of likely N-dealkylation sites (N-methyl/N-ethyl adjacent to an activating group) is 1. The molecule has 0 fully saturated rings. The van der Waals surface area contributed by atoms with Crippen LogP contribution >= 0.6 is 0 Å². The van der Waals surface area contributed by atoms with E-state index in [-0.39, 0.29) is 18.4 Å². The van der Waals surface area contributed by atoms with Gasteiger partial charge in [-0.1, -0.05) is 18.2 Å². The van der Waals surface area contributed by atoms with E-state index in [1.165, 1.54) is 4.90 Å². The van der Waals surface area contributed by atoms with Crippen molar-refractivity contribution in [3.8, 4) is 5.75 Å². The average molecular weight is 306 g/mol. The van der Waals surface area contributed by atoms with Crippen LogP contribution in [0.1, 0.15) is 17.9 Å². The van der Waals surface area contributed by atoms with E-state index in [1.807, 2.05) is 43.3 Å². The number of ether oxygens (including phenoxy) is 1. The van der Waals surface area contributed by atoms with Crippen molar-refractivity contribution in [3.63, 3.8) is 0 Å². The Bertz CT molecular complexity index is 545. The molecule has 0 radical (unpaired) electrons. The fraction of sp³-hybridized carbons (Fsp3) is 0.500. The average Bonchev–Trinajstić information content (AvgIpc) is 2.49. The van der Waals surface area contributed by atoms with Crippen LogP contribution in [0.25, 0.3) is 0 Å². The molecular formula is C16H22N2O4. The molecule has 1 heterocycles. The second-order valence-corrected chi connectivity index (χ2v) is 5.68. The predicted octanol–water partition coefficient (Wildman–Crippen LogP) is 1.03. The van der Waals surface area contributed by atoms with E-state index < -0.39 is 5.97 Å². The lowest BCUT2D eigenvalue weighted by atomic mass is 9.91. The molecule has 6 heteroatoms. The van der Waals surface area contributed by atoms with Crippen molar-refractivity contribution in [1.29, 1.82) is 0 Å². The molecule has 1 aliphatic heterocycles. The number of carbonyl (C=O) groups excluding carboxylic acids is 1. The number of rotatable bonds is 6. The van der Waals surface area contributed by atoms with Crippen molar-refractivity contribution in [3.05, 3.63) is 29.8 Å². The Morgan fingerprint density at radius 1 is 1.27 bits per heavy atom. The summed E-state index contributed by atoms with van der Waals surface area (Å²) in [4.78, 5) is 27.2. The van der Waals surface area contributed by atoms with Gasteiger partial charge in [-0.2, -0.15) is 0 Å². The van der Waals surface area contributed by atoms with Crippen LogP contribution in [0, 0.1) is 0 Å². The van der Waals surface area contributed by atoms with Gasteiger partial charge < -0.3 is 19.6 Å². The number of hydrogen-bond donors (Lipinski definition) is 1. The van der Waals surface area contributed by atoms with Crippen LogP contribution in [0.4, 0.5) is 0 Å². The number of carbonyl (C=O) groups is 2. The molecule has 0 aromatic heterocycles. The van der Waals surface area contributed by atoms with Gasteiger partial charge in [-0.15, -0.1) is 0 Å². The lowest BCUT2D eigenvalue weighted by Gasteiger charge is -2.30. The van der Waals surface area contributed by atoms with Crippen molar-refractivity contribution in [1.82, 2.24) is 9.80 Å². The number of carboxylic acid groups (broad SMARTS) is 1. The summed E-state index contributed by atoms with van der Waals surface area (Å²) in [5.74, 6) is -0.742. The molecule has 120 valence electrons. The summed E-state index contributed by atoms with van der Waals surface area (Å²) in [7, 11) is 3.79. The van der Waals surface area contributed by atoms with Gasteiger partial charge in [-0.05, 0) is 26.6 Å². The SMILES string of the molecule is CN(C)CCN(CC(=O)O)C(=O)C1CCOc2ccccc21.